The second kappa shape index (κ2) is 22.7. The summed E-state index contributed by atoms with van der Waals surface area (Å²) in [6.45, 7) is 2.82. The van der Waals surface area contributed by atoms with Crippen LogP contribution in [0.3, 0.4) is 0 Å². The Morgan fingerprint density at radius 2 is 0.957 bits per heavy atom. The molecule has 0 aliphatic rings. The Bertz CT molecular complexity index is 1600. The van der Waals surface area contributed by atoms with Crippen LogP contribution in [0.25, 0.3) is 0 Å². The molecule has 248 valence electrons. The summed E-state index contributed by atoms with van der Waals surface area (Å²) in [7, 11) is -4.02. The summed E-state index contributed by atoms with van der Waals surface area (Å²) in [5, 5.41) is 16.7. The second-order valence-electron chi connectivity index (χ2n) is 9.55. The van der Waals surface area contributed by atoms with Crippen molar-refractivity contribution < 1.29 is 33.5 Å². The van der Waals surface area contributed by atoms with Crippen molar-refractivity contribution in [3.8, 4) is 0 Å². The molecule has 6 N–H and O–H groups in total. The molecule has 0 unspecified atom stereocenters. The SMILES string of the molecule is Cc1ccc(S(=O)(=O)O)cc1.NCCO.O=C(c1ccccc1)c1ccccc1.OCCN=C(c1ccccc1)c1ccccc1.[OH-]. The third-order valence-electron chi connectivity index (χ3n) is 5.98. The van der Waals surface area contributed by atoms with Gasteiger partial charge >= 0.3 is 0 Å². The Hall–Kier alpha value is -4.81. The van der Waals surface area contributed by atoms with Gasteiger partial charge in [0.05, 0.1) is 30.4 Å². The number of nitrogens with zero attached hydrogens (tertiary/aromatic N) is 1. The van der Waals surface area contributed by atoms with E-state index in [4.69, 9.17) is 20.5 Å². The van der Waals surface area contributed by atoms with Gasteiger partial charge in [-0.2, -0.15) is 8.42 Å². The number of aliphatic hydroxyl groups excluding tert-OH is 2. The molecule has 0 aliphatic heterocycles. The van der Waals surface area contributed by atoms with E-state index in [-0.39, 0.29) is 29.4 Å². The first-order valence-electron chi connectivity index (χ1n) is 14.5. The zero-order valence-corrected chi connectivity index (χ0v) is 26.9. The highest BCUT2D eigenvalue weighted by Crippen LogP contribution is 2.11. The molecule has 5 aromatic rings. The molecule has 0 saturated carbocycles. The van der Waals surface area contributed by atoms with Crippen molar-refractivity contribution in [2.75, 3.05) is 26.3 Å². The van der Waals surface area contributed by atoms with Crippen LogP contribution in [0.15, 0.2) is 155 Å². The Morgan fingerprint density at radius 3 is 1.26 bits per heavy atom. The zero-order valence-electron chi connectivity index (χ0n) is 26.1. The molecule has 0 fully saturated rings. The number of hydrogen-bond donors (Lipinski definition) is 4. The molecule has 0 atom stereocenters. The number of nitrogens with two attached hydrogens (primary N) is 1. The molecule has 10 heteroatoms. The first kappa shape index (κ1) is 40.2. The van der Waals surface area contributed by atoms with Crippen molar-refractivity contribution in [2.24, 2.45) is 10.7 Å². The first-order valence-corrected chi connectivity index (χ1v) is 15.9. The van der Waals surface area contributed by atoms with E-state index in [9.17, 15) is 13.2 Å². The molecule has 5 aromatic carbocycles. The highest BCUT2D eigenvalue weighted by Gasteiger charge is 2.08. The van der Waals surface area contributed by atoms with Crippen LogP contribution in [0, 0.1) is 6.92 Å². The van der Waals surface area contributed by atoms with Crippen molar-refractivity contribution >= 4 is 21.6 Å². The van der Waals surface area contributed by atoms with E-state index in [1.54, 1.807) is 12.1 Å². The first-order chi connectivity index (χ1) is 22.2. The smallest absolute Gasteiger partial charge is 0.294 e. The monoisotopic (exact) mass is 657 g/mol. The van der Waals surface area contributed by atoms with Crippen LogP contribution in [0.4, 0.5) is 0 Å². The number of aliphatic hydroxyl groups is 2. The minimum atomic E-state index is -4.02. The number of hydrogen-bond acceptors (Lipinski definition) is 8. The average molecular weight is 658 g/mol. The molecule has 47 heavy (non-hydrogen) atoms. The summed E-state index contributed by atoms with van der Waals surface area (Å²) in [6, 6.07) is 44.7. The number of ketones is 1. The minimum absolute atomic E-state index is 0. The van der Waals surface area contributed by atoms with Crippen molar-refractivity contribution in [1.29, 1.82) is 0 Å². The van der Waals surface area contributed by atoms with E-state index in [0.717, 1.165) is 33.5 Å². The van der Waals surface area contributed by atoms with Crippen LogP contribution in [-0.2, 0) is 10.1 Å². The van der Waals surface area contributed by atoms with Crippen LogP contribution in [0.5, 0.6) is 0 Å². The summed E-state index contributed by atoms with van der Waals surface area (Å²) in [5.74, 6) is 0.0752. The number of rotatable bonds is 8. The Balaban J connectivity index is 0.000000336. The summed E-state index contributed by atoms with van der Waals surface area (Å²) in [6.07, 6.45) is 0. The lowest BCUT2D eigenvalue weighted by molar-refractivity contribution is 0.103. The van der Waals surface area contributed by atoms with Gasteiger partial charge in [0.25, 0.3) is 10.1 Å². The van der Waals surface area contributed by atoms with Crippen LogP contribution in [-0.4, -0.2) is 66.5 Å². The Kier molecular flexibility index (Phi) is 19.4. The molecule has 0 radical (unpaired) electrons. The van der Waals surface area contributed by atoms with Gasteiger partial charge in [-0.05, 0) is 19.1 Å². The van der Waals surface area contributed by atoms with Gasteiger partial charge in [0.1, 0.15) is 0 Å². The number of benzene rings is 5. The van der Waals surface area contributed by atoms with Crippen molar-refractivity contribution in [2.45, 2.75) is 11.8 Å². The van der Waals surface area contributed by atoms with Crippen LogP contribution in [0.2, 0.25) is 0 Å². The standard InChI is InChI=1S/C15H15NO.C13H10O.C7H8O3S.C2H7NO.H2O/c17-12-11-16-15(13-7-3-1-4-8-13)14-9-5-2-6-10-14;14-13(11-7-3-1-4-8-11)12-9-5-2-6-10-12;1-6-2-4-7(5-3-6)11(8,9)10;3-1-2-4;/h1-10,17H,11-12H2;1-10H;2-5H,1H3,(H,8,9,10);4H,1-3H2;1H2/p-1. The van der Waals surface area contributed by atoms with E-state index in [2.05, 4.69) is 4.99 Å². The van der Waals surface area contributed by atoms with Crippen LogP contribution < -0.4 is 5.73 Å². The van der Waals surface area contributed by atoms with Gasteiger partial charge in [0.15, 0.2) is 5.78 Å². The number of aliphatic imine (C=N–C) groups is 1. The molecule has 0 aromatic heterocycles. The van der Waals surface area contributed by atoms with Gasteiger partial charge in [-0.3, -0.25) is 14.3 Å². The van der Waals surface area contributed by atoms with Crippen molar-refractivity contribution in [3.05, 3.63) is 173 Å². The number of aryl methyl sites for hydroxylation is 1. The average Bonchev–Trinajstić information content (AvgIpc) is 3.10. The molecule has 0 spiro atoms. The molecular formula is C37H41N2O7S-. The van der Waals surface area contributed by atoms with E-state index < -0.39 is 10.1 Å². The second-order valence-corrected chi connectivity index (χ2v) is 11.0. The summed E-state index contributed by atoms with van der Waals surface area (Å²) in [4.78, 5) is 16.2. The summed E-state index contributed by atoms with van der Waals surface area (Å²) < 4.78 is 29.6. The number of carbonyl (C=O) groups is 1. The molecule has 0 heterocycles. The third kappa shape index (κ3) is 15.4. The van der Waals surface area contributed by atoms with Crippen molar-refractivity contribution in [1.82, 2.24) is 0 Å². The van der Waals surface area contributed by atoms with Gasteiger partial charge in [-0.25, -0.2) is 0 Å². The van der Waals surface area contributed by atoms with E-state index >= 15 is 0 Å². The quantitative estimate of drug-likeness (QED) is 0.0968. The lowest BCUT2D eigenvalue weighted by Crippen LogP contribution is -2.05. The molecule has 0 aliphatic carbocycles. The molecule has 0 bridgehead atoms. The van der Waals surface area contributed by atoms with Gasteiger partial charge < -0.3 is 21.4 Å². The van der Waals surface area contributed by atoms with Gasteiger partial charge in [0.2, 0.25) is 0 Å². The normalized spacial score (nSPS) is 9.81. The van der Waals surface area contributed by atoms with Gasteiger partial charge in [-0.15, -0.1) is 0 Å². The van der Waals surface area contributed by atoms with E-state index in [1.165, 1.54) is 12.1 Å². The van der Waals surface area contributed by atoms with Crippen molar-refractivity contribution in [3.63, 3.8) is 0 Å². The lowest BCUT2D eigenvalue weighted by atomic mass is 10.0. The maximum absolute atomic E-state index is 11.8. The summed E-state index contributed by atoms with van der Waals surface area (Å²) >= 11 is 0. The minimum Gasteiger partial charge on any atom is -0.870 e. The fraction of sp³-hybridized carbons (Fsp3) is 0.135. The Morgan fingerprint density at radius 1 is 0.617 bits per heavy atom. The molecule has 9 nitrogen and oxygen atoms in total. The van der Waals surface area contributed by atoms with Crippen LogP contribution >= 0.6 is 0 Å². The van der Waals surface area contributed by atoms with Crippen LogP contribution in [0.1, 0.15) is 32.6 Å². The highest BCUT2D eigenvalue weighted by atomic mass is 32.2. The lowest BCUT2D eigenvalue weighted by Gasteiger charge is -2.06. The molecular weight excluding hydrogens is 616 g/mol. The fourth-order valence-corrected chi connectivity index (χ4v) is 4.24. The van der Waals surface area contributed by atoms with Gasteiger partial charge in [0, 0.05) is 28.8 Å². The fourth-order valence-electron chi connectivity index (χ4n) is 3.76. The molecule has 5 rings (SSSR count). The molecule has 0 saturated heterocycles. The maximum atomic E-state index is 11.8. The van der Waals surface area contributed by atoms with E-state index in [0.29, 0.717) is 13.1 Å². The molecule has 0 amide bonds. The number of carbonyl (C=O) groups excluding carboxylic acids is 1. The Labute approximate surface area is 276 Å². The highest BCUT2D eigenvalue weighted by molar-refractivity contribution is 7.85. The summed E-state index contributed by atoms with van der Waals surface area (Å²) in [5.41, 5.74) is 10.3. The predicted molar refractivity (Wildman–Crippen MR) is 186 cm³/mol. The zero-order chi connectivity index (χ0) is 33.6. The van der Waals surface area contributed by atoms with Gasteiger partial charge in [-0.1, -0.05) is 139 Å². The van der Waals surface area contributed by atoms with E-state index in [1.807, 2.05) is 128 Å². The topological polar surface area (TPSA) is 180 Å². The third-order valence-corrected chi connectivity index (χ3v) is 6.85. The predicted octanol–water partition coefficient (Wildman–Crippen LogP) is 5.44. The largest absolute Gasteiger partial charge is 0.870 e. The maximum Gasteiger partial charge on any atom is 0.294 e.